The fraction of sp³-hybridized carbons (Fsp3) is 0.533. The maximum atomic E-state index is 12.0. The largest absolute Gasteiger partial charge is 0.324 e. The fourth-order valence-corrected chi connectivity index (χ4v) is 3.02. The number of hydrogen-bond acceptors (Lipinski definition) is 3. The summed E-state index contributed by atoms with van der Waals surface area (Å²) in [6, 6.07) is 5.79. The molecule has 0 saturated carbocycles. The summed E-state index contributed by atoms with van der Waals surface area (Å²) < 4.78 is 0. The molecule has 1 aliphatic rings. The number of rotatable bonds is 5. The van der Waals surface area contributed by atoms with Crippen LogP contribution >= 0.6 is 23.2 Å². The predicted octanol–water partition coefficient (Wildman–Crippen LogP) is 3.01. The Morgan fingerprint density at radius 1 is 1.29 bits per heavy atom. The number of benzene rings is 1. The summed E-state index contributed by atoms with van der Waals surface area (Å²) in [5, 5.41) is 7.02. The quantitative estimate of drug-likeness (QED) is 0.872. The van der Waals surface area contributed by atoms with Crippen LogP contribution in [0.15, 0.2) is 18.2 Å². The third kappa shape index (κ3) is 4.85. The number of para-hydroxylation sites is 1. The van der Waals surface area contributed by atoms with Gasteiger partial charge in [0.25, 0.3) is 0 Å². The molecule has 0 atom stereocenters. The van der Waals surface area contributed by atoms with Gasteiger partial charge in [0.1, 0.15) is 0 Å². The van der Waals surface area contributed by atoms with Gasteiger partial charge >= 0.3 is 0 Å². The highest BCUT2D eigenvalue weighted by molar-refractivity contribution is 6.39. The first-order valence-electron chi connectivity index (χ1n) is 7.23. The van der Waals surface area contributed by atoms with Crippen LogP contribution in [0.3, 0.4) is 0 Å². The molecule has 21 heavy (non-hydrogen) atoms. The summed E-state index contributed by atoms with van der Waals surface area (Å²) >= 11 is 12.1. The van der Waals surface area contributed by atoms with Crippen molar-refractivity contribution in [2.24, 2.45) is 0 Å². The molecule has 1 aliphatic heterocycles. The van der Waals surface area contributed by atoms with E-state index in [4.69, 9.17) is 23.2 Å². The summed E-state index contributed by atoms with van der Waals surface area (Å²) in [7, 11) is 2.00. The average molecular weight is 330 g/mol. The molecule has 0 radical (unpaired) electrons. The number of piperidine rings is 1. The Bertz CT molecular complexity index is 468. The maximum absolute atomic E-state index is 12.0. The standard InChI is InChI=1S/C15H21Cl2N3O/c1-18-11-5-8-20(9-6-11)10-7-14(21)19-15-12(16)3-2-4-13(15)17/h2-4,11,18H,5-10H2,1H3,(H,19,21). The van der Waals surface area contributed by atoms with Crippen molar-refractivity contribution in [2.75, 3.05) is 32.0 Å². The van der Waals surface area contributed by atoms with Crippen molar-refractivity contribution in [3.8, 4) is 0 Å². The fourth-order valence-electron chi connectivity index (χ4n) is 2.52. The minimum absolute atomic E-state index is 0.0549. The first-order chi connectivity index (χ1) is 10.1. The summed E-state index contributed by atoms with van der Waals surface area (Å²) in [6.07, 6.45) is 2.72. The number of anilines is 1. The number of likely N-dealkylation sites (tertiary alicyclic amines) is 1. The van der Waals surface area contributed by atoms with Gasteiger partial charge in [-0.2, -0.15) is 0 Å². The molecular weight excluding hydrogens is 309 g/mol. The Morgan fingerprint density at radius 2 is 1.90 bits per heavy atom. The van der Waals surface area contributed by atoms with Gasteiger partial charge in [-0.3, -0.25) is 4.79 Å². The van der Waals surface area contributed by atoms with Crippen molar-refractivity contribution in [2.45, 2.75) is 25.3 Å². The molecule has 1 aromatic carbocycles. The average Bonchev–Trinajstić information content (AvgIpc) is 2.49. The van der Waals surface area contributed by atoms with E-state index in [1.54, 1.807) is 18.2 Å². The van der Waals surface area contributed by atoms with Gasteiger partial charge in [-0.15, -0.1) is 0 Å². The van der Waals surface area contributed by atoms with E-state index in [1.165, 1.54) is 0 Å². The van der Waals surface area contributed by atoms with E-state index in [0.29, 0.717) is 28.2 Å². The monoisotopic (exact) mass is 329 g/mol. The number of carbonyl (C=O) groups excluding carboxylic acids is 1. The minimum Gasteiger partial charge on any atom is -0.324 e. The second-order valence-electron chi connectivity index (χ2n) is 5.30. The van der Waals surface area contributed by atoms with Crippen molar-refractivity contribution in [3.05, 3.63) is 28.2 Å². The van der Waals surface area contributed by atoms with E-state index in [9.17, 15) is 4.79 Å². The normalized spacial score (nSPS) is 16.9. The molecule has 2 N–H and O–H groups in total. The molecule has 1 amide bonds. The minimum atomic E-state index is -0.0549. The van der Waals surface area contributed by atoms with E-state index >= 15 is 0 Å². The number of nitrogens with zero attached hydrogens (tertiary/aromatic N) is 1. The third-order valence-corrected chi connectivity index (χ3v) is 4.51. The van der Waals surface area contributed by atoms with Crippen LogP contribution < -0.4 is 10.6 Å². The SMILES string of the molecule is CNC1CCN(CCC(=O)Nc2c(Cl)cccc2Cl)CC1. The van der Waals surface area contributed by atoms with E-state index in [0.717, 1.165) is 32.5 Å². The van der Waals surface area contributed by atoms with Crippen LogP contribution in [0, 0.1) is 0 Å². The first-order valence-corrected chi connectivity index (χ1v) is 7.99. The summed E-state index contributed by atoms with van der Waals surface area (Å²) in [5.74, 6) is -0.0549. The smallest absolute Gasteiger partial charge is 0.225 e. The third-order valence-electron chi connectivity index (χ3n) is 3.88. The summed E-state index contributed by atoms with van der Waals surface area (Å²) in [6.45, 7) is 2.83. The zero-order valence-electron chi connectivity index (χ0n) is 12.2. The molecule has 1 heterocycles. The van der Waals surface area contributed by atoms with Gasteiger partial charge in [-0.25, -0.2) is 0 Å². The lowest BCUT2D eigenvalue weighted by Gasteiger charge is -2.31. The molecule has 1 saturated heterocycles. The molecule has 4 nitrogen and oxygen atoms in total. The maximum Gasteiger partial charge on any atom is 0.225 e. The van der Waals surface area contributed by atoms with E-state index < -0.39 is 0 Å². The van der Waals surface area contributed by atoms with Gasteiger partial charge in [-0.05, 0) is 45.1 Å². The van der Waals surface area contributed by atoms with Gasteiger partial charge in [0.2, 0.25) is 5.91 Å². The Labute approximate surface area is 135 Å². The summed E-state index contributed by atoms with van der Waals surface area (Å²) in [5.41, 5.74) is 0.500. The Kier molecular flexibility index (Phi) is 6.30. The lowest BCUT2D eigenvalue weighted by atomic mass is 10.1. The number of nitrogens with one attached hydrogen (secondary N) is 2. The van der Waals surface area contributed by atoms with Crippen LogP contribution in [0.5, 0.6) is 0 Å². The molecular formula is C15H21Cl2N3O. The van der Waals surface area contributed by atoms with Crippen LogP contribution in [-0.2, 0) is 4.79 Å². The number of hydrogen-bond donors (Lipinski definition) is 2. The van der Waals surface area contributed by atoms with Crippen LogP contribution in [0.25, 0.3) is 0 Å². The van der Waals surface area contributed by atoms with Crippen LogP contribution in [-0.4, -0.2) is 43.5 Å². The highest BCUT2D eigenvalue weighted by Crippen LogP contribution is 2.29. The molecule has 116 valence electrons. The van der Waals surface area contributed by atoms with Crippen molar-refractivity contribution >= 4 is 34.8 Å². The van der Waals surface area contributed by atoms with E-state index in [1.807, 2.05) is 7.05 Å². The van der Waals surface area contributed by atoms with Crippen LogP contribution in [0.1, 0.15) is 19.3 Å². The van der Waals surface area contributed by atoms with E-state index in [-0.39, 0.29) is 5.91 Å². The van der Waals surface area contributed by atoms with Crippen molar-refractivity contribution in [1.29, 1.82) is 0 Å². The first kappa shape index (κ1) is 16.6. The molecule has 0 aliphatic carbocycles. The Balaban J connectivity index is 1.78. The Morgan fingerprint density at radius 3 is 2.48 bits per heavy atom. The molecule has 6 heteroatoms. The number of halogens is 2. The predicted molar refractivity (Wildman–Crippen MR) is 88.2 cm³/mol. The number of carbonyl (C=O) groups is 1. The highest BCUT2D eigenvalue weighted by atomic mass is 35.5. The van der Waals surface area contributed by atoms with Crippen LogP contribution in [0.4, 0.5) is 5.69 Å². The van der Waals surface area contributed by atoms with Gasteiger partial charge in [0.15, 0.2) is 0 Å². The van der Waals surface area contributed by atoms with Gasteiger partial charge in [0.05, 0.1) is 15.7 Å². The molecule has 0 spiro atoms. The summed E-state index contributed by atoms with van der Waals surface area (Å²) in [4.78, 5) is 14.3. The Hall–Kier alpha value is -0.810. The molecule has 1 aromatic rings. The van der Waals surface area contributed by atoms with Gasteiger partial charge in [-0.1, -0.05) is 29.3 Å². The number of amides is 1. The second kappa shape index (κ2) is 7.99. The molecule has 0 aromatic heterocycles. The van der Waals surface area contributed by atoms with Crippen LogP contribution in [0.2, 0.25) is 10.0 Å². The lowest BCUT2D eigenvalue weighted by molar-refractivity contribution is -0.116. The molecule has 1 fully saturated rings. The molecule has 2 rings (SSSR count). The van der Waals surface area contributed by atoms with Gasteiger partial charge in [0, 0.05) is 19.0 Å². The van der Waals surface area contributed by atoms with Crippen molar-refractivity contribution < 1.29 is 4.79 Å². The highest BCUT2D eigenvalue weighted by Gasteiger charge is 2.18. The zero-order valence-corrected chi connectivity index (χ0v) is 13.7. The van der Waals surface area contributed by atoms with E-state index in [2.05, 4.69) is 15.5 Å². The zero-order chi connectivity index (χ0) is 15.2. The lowest BCUT2D eigenvalue weighted by Crippen LogP contribution is -2.42. The van der Waals surface area contributed by atoms with Crippen molar-refractivity contribution in [3.63, 3.8) is 0 Å². The van der Waals surface area contributed by atoms with Crippen molar-refractivity contribution in [1.82, 2.24) is 10.2 Å². The van der Waals surface area contributed by atoms with Gasteiger partial charge < -0.3 is 15.5 Å². The molecule has 0 bridgehead atoms. The second-order valence-corrected chi connectivity index (χ2v) is 6.11. The molecule has 0 unspecified atom stereocenters. The topological polar surface area (TPSA) is 44.4 Å².